The maximum absolute atomic E-state index is 5.97. The molecular weight excluding hydrogens is 415 g/mol. The Bertz CT molecular complexity index is 348. The number of ether oxygens (including phenoxy) is 1. The van der Waals surface area contributed by atoms with Gasteiger partial charge in [0, 0.05) is 32.8 Å². The molecule has 1 heterocycles. The number of guanidine groups is 1. The van der Waals surface area contributed by atoms with Gasteiger partial charge in [-0.05, 0) is 52.1 Å². The molecule has 5 nitrogen and oxygen atoms in total. The Balaban J connectivity index is 0.00000288. The first kappa shape index (κ1) is 22.0. The number of nitrogens with one attached hydrogen (secondary N) is 2. The van der Waals surface area contributed by atoms with Crippen LogP contribution in [0.3, 0.4) is 0 Å². The third-order valence-corrected chi connectivity index (χ3v) is 4.86. The van der Waals surface area contributed by atoms with Gasteiger partial charge in [-0.2, -0.15) is 0 Å². The van der Waals surface area contributed by atoms with Crippen molar-refractivity contribution in [1.82, 2.24) is 15.5 Å². The van der Waals surface area contributed by atoms with Crippen LogP contribution in [0.15, 0.2) is 4.99 Å². The first-order valence-corrected chi connectivity index (χ1v) is 9.60. The Hall–Kier alpha value is -0.0800. The highest BCUT2D eigenvalue weighted by atomic mass is 127. The van der Waals surface area contributed by atoms with Gasteiger partial charge in [0.15, 0.2) is 5.96 Å². The second-order valence-electron chi connectivity index (χ2n) is 7.05. The molecule has 2 aliphatic rings. The lowest BCUT2D eigenvalue weighted by Crippen LogP contribution is -2.38. The number of aliphatic imine (C=N–C) groups is 1. The smallest absolute Gasteiger partial charge is 0.191 e. The average molecular weight is 452 g/mol. The van der Waals surface area contributed by atoms with Crippen molar-refractivity contribution < 1.29 is 4.74 Å². The summed E-state index contributed by atoms with van der Waals surface area (Å²) in [6, 6.07) is 0. The molecule has 1 unspecified atom stereocenters. The van der Waals surface area contributed by atoms with Crippen LogP contribution >= 0.6 is 24.0 Å². The topological polar surface area (TPSA) is 48.9 Å². The molecule has 142 valence electrons. The van der Waals surface area contributed by atoms with Crippen molar-refractivity contribution in [1.29, 1.82) is 0 Å². The highest BCUT2D eigenvalue weighted by Crippen LogP contribution is 2.20. The van der Waals surface area contributed by atoms with Gasteiger partial charge in [0.2, 0.25) is 0 Å². The molecule has 1 atom stereocenters. The molecule has 24 heavy (non-hydrogen) atoms. The lowest BCUT2D eigenvalue weighted by atomic mass is 9.98. The van der Waals surface area contributed by atoms with Crippen molar-refractivity contribution in [2.24, 2.45) is 10.9 Å². The van der Waals surface area contributed by atoms with Gasteiger partial charge >= 0.3 is 0 Å². The van der Waals surface area contributed by atoms with E-state index in [-0.39, 0.29) is 24.0 Å². The van der Waals surface area contributed by atoms with E-state index in [9.17, 15) is 0 Å². The van der Waals surface area contributed by atoms with Gasteiger partial charge in [0.05, 0.1) is 6.10 Å². The summed E-state index contributed by atoms with van der Waals surface area (Å²) in [5.41, 5.74) is 0. The molecule has 0 aromatic carbocycles. The fraction of sp³-hybridized carbons (Fsp3) is 0.944. The van der Waals surface area contributed by atoms with Crippen molar-refractivity contribution in [2.75, 3.05) is 46.4 Å². The summed E-state index contributed by atoms with van der Waals surface area (Å²) in [5.74, 6) is 1.67. The molecule has 1 aliphatic carbocycles. The SMILES string of the molecule is CCNC(=NCC1CCN(C)C1)NCCCOC1CCCCC1.I. The monoisotopic (exact) mass is 452 g/mol. The lowest BCUT2D eigenvalue weighted by Gasteiger charge is -2.22. The Morgan fingerprint density at radius 3 is 2.62 bits per heavy atom. The molecule has 2 rings (SSSR count). The molecule has 1 aliphatic heterocycles. The Morgan fingerprint density at radius 2 is 1.96 bits per heavy atom. The van der Waals surface area contributed by atoms with Crippen molar-refractivity contribution in [3.63, 3.8) is 0 Å². The molecule has 1 saturated carbocycles. The maximum atomic E-state index is 5.97. The van der Waals surface area contributed by atoms with Crippen LogP contribution in [-0.2, 0) is 4.74 Å². The predicted molar refractivity (Wildman–Crippen MR) is 112 cm³/mol. The summed E-state index contributed by atoms with van der Waals surface area (Å²) in [4.78, 5) is 7.14. The number of hydrogen-bond donors (Lipinski definition) is 2. The molecule has 2 N–H and O–H groups in total. The first-order valence-electron chi connectivity index (χ1n) is 9.60. The van der Waals surface area contributed by atoms with Gasteiger partial charge in [-0.15, -0.1) is 24.0 Å². The van der Waals surface area contributed by atoms with Crippen LogP contribution in [-0.4, -0.2) is 63.3 Å². The summed E-state index contributed by atoms with van der Waals surface area (Å²) in [7, 11) is 2.19. The Morgan fingerprint density at radius 1 is 1.17 bits per heavy atom. The Labute approximate surface area is 165 Å². The summed E-state index contributed by atoms with van der Waals surface area (Å²) in [5, 5.41) is 6.78. The minimum Gasteiger partial charge on any atom is -0.378 e. The van der Waals surface area contributed by atoms with Crippen molar-refractivity contribution in [3.8, 4) is 0 Å². The van der Waals surface area contributed by atoms with E-state index in [0.717, 1.165) is 38.6 Å². The van der Waals surface area contributed by atoms with Gasteiger partial charge in [-0.3, -0.25) is 4.99 Å². The van der Waals surface area contributed by atoms with Gasteiger partial charge in [-0.25, -0.2) is 0 Å². The van der Waals surface area contributed by atoms with Gasteiger partial charge in [-0.1, -0.05) is 19.3 Å². The van der Waals surface area contributed by atoms with Crippen LogP contribution in [0, 0.1) is 5.92 Å². The number of halogens is 1. The van der Waals surface area contributed by atoms with Crippen LogP contribution in [0.4, 0.5) is 0 Å². The largest absolute Gasteiger partial charge is 0.378 e. The third-order valence-electron chi connectivity index (χ3n) is 4.86. The fourth-order valence-corrected chi connectivity index (χ4v) is 3.50. The zero-order valence-corrected chi connectivity index (χ0v) is 17.9. The summed E-state index contributed by atoms with van der Waals surface area (Å²) >= 11 is 0. The van der Waals surface area contributed by atoms with Crippen LogP contribution in [0.5, 0.6) is 0 Å². The maximum Gasteiger partial charge on any atom is 0.191 e. The molecule has 0 spiro atoms. The number of likely N-dealkylation sites (tertiary alicyclic amines) is 1. The molecular formula is C18H37IN4O. The molecule has 0 bridgehead atoms. The minimum atomic E-state index is 0. The zero-order chi connectivity index (χ0) is 16.3. The normalized spacial score (nSPS) is 23.1. The molecule has 6 heteroatoms. The van der Waals surface area contributed by atoms with Gasteiger partial charge in [0.25, 0.3) is 0 Å². The van der Waals surface area contributed by atoms with Crippen LogP contribution in [0.1, 0.15) is 51.9 Å². The molecule has 1 saturated heterocycles. The quantitative estimate of drug-likeness (QED) is 0.258. The molecule has 2 fully saturated rings. The fourth-order valence-electron chi connectivity index (χ4n) is 3.50. The van der Waals surface area contributed by atoms with Crippen molar-refractivity contribution in [2.45, 2.75) is 58.0 Å². The Kier molecular flexibility index (Phi) is 12.0. The van der Waals surface area contributed by atoms with E-state index in [2.05, 4.69) is 29.5 Å². The molecule has 0 aromatic rings. The van der Waals surface area contributed by atoms with Crippen LogP contribution in [0.25, 0.3) is 0 Å². The summed E-state index contributed by atoms with van der Waals surface area (Å²) in [6.07, 6.45) is 9.43. The van der Waals surface area contributed by atoms with Gasteiger partial charge in [0.1, 0.15) is 0 Å². The molecule has 0 amide bonds. The van der Waals surface area contributed by atoms with E-state index in [4.69, 9.17) is 9.73 Å². The molecule has 0 aromatic heterocycles. The van der Waals surface area contributed by atoms with E-state index in [1.54, 1.807) is 0 Å². The van der Waals surface area contributed by atoms with E-state index < -0.39 is 0 Å². The summed E-state index contributed by atoms with van der Waals surface area (Å²) < 4.78 is 5.97. The molecule has 0 radical (unpaired) electrons. The summed E-state index contributed by atoms with van der Waals surface area (Å²) in [6.45, 7) is 8.15. The van der Waals surface area contributed by atoms with E-state index in [1.807, 2.05) is 0 Å². The standard InChI is InChI=1S/C18H36N4O.HI/c1-3-19-18(21-14-16-10-12-22(2)15-16)20-11-7-13-23-17-8-5-4-6-9-17;/h16-17H,3-15H2,1-2H3,(H2,19,20,21);1H. The second-order valence-corrected chi connectivity index (χ2v) is 7.05. The second kappa shape index (κ2) is 13.2. The van der Waals surface area contributed by atoms with Crippen LogP contribution in [0.2, 0.25) is 0 Å². The van der Waals surface area contributed by atoms with E-state index in [1.165, 1.54) is 51.6 Å². The number of nitrogens with zero attached hydrogens (tertiary/aromatic N) is 2. The first-order chi connectivity index (χ1) is 11.3. The third kappa shape index (κ3) is 8.85. The lowest BCUT2D eigenvalue weighted by molar-refractivity contribution is 0.0277. The highest BCUT2D eigenvalue weighted by Gasteiger charge is 2.18. The number of hydrogen-bond acceptors (Lipinski definition) is 3. The average Bonchev–Trinajstić information content (AvgIpc) is 2.98. The van der Waals surface area contributed by atoms with Gasteiger partial charge < -0.3 is 20.3 Å². The zero-order valence-electron chi connectivity index (χ0n) is 15.6. The number of rotatable bonds is 8. The highest BCUT2D eigenvalue weighted by molar-refractivity contribution is 14.0. The van der Waals surface area contributed by atoms with Crippen molar-refractivity contribution >= 4 is 29.9 Å². The van der Waals surface area contributed by atoms with Crippen LogP contribution < -0.4 is 10.6 Å². The minimum absolute atomic E-state index is 0. The predicted octanol–water partition coefficient (Wildman–Crippen LogP) is 2.85. The van der Waals surface area contributed by atoms with Crippen molar-refractivity contribution in [3.05, 3.63) is 0 Å². The van der Waals surface area contributed by atoms with E-state index in [0.29, 0.717) is 12.0 Å². The van der Waals surface area contributed by atoms with E-state index >= 15 is 0 Å².